The highest BCUT2D eigenvalue weighted by Crippen LogP contribution is 2.29. The van der Waals surface area contributed by atoms with Crippen molar-refractivity contribution in [2.24, 2.45) is 0 Å². The third kappa shape index (κ3) is 3.85. The first-order chi connectivity index (χ1) is 10.0. The molecule has 114 valence electrons. The van der Waals surface area contributed by atoms with E-state index in [4.69, 9.17) is 9.15 Å². The van der Waals surface area contributed by atoms with Crippen LogP contribution in [0.4, 0.5) is 0 Å². The summed E-state index contributed by atoms with van der Waals surface area (Å²) in [6, 6.07) is 4.19. The lowest BCUT2D eigenvalue weighted by Crippen LogP contribution is -2.22. The monoisotopic (exact) mass is 288 g/mol. The van der Waals surface area contributed by atoms with Gasteiger partial charge in [0, 0.05) is 11.8 Å². The molecule has 21 heavy (non-hydrogen) atoms. The molecule has 0 radical (unpaired) electrons. The fraction of sp³-hybridized carbons (Fsp3) is 0.471. The highest BCUT2D eigenvalue weighted by Gasteiger charge is 2.19. The summed E-state index contributed by atoms with van der Waals surface area (Å²) in [6.45, 7) is 10.9. The molecule has 1 atom stereocenters. The smallest absolute Gasteiger partial charge is 0.138 e. The molecule has 0 aliphatic carbocycles. The Hall–Kier alpha value is -1.81. The van der Waals surface area contributed by atoms with Crippen molar-refractivity contribution in [3.05, 3.63) is 47.2 Å². The maximum absolute atomic E-state index is 5.74. The predicted molar refractivity (Wildman–Crippen MR) is 83.7 cm³/mol. The topological polar surface area (TPSA) is 47.3 Å². The first-order valence-electron chi connectivity index (χ1n) is 7.43. The van der Waals surface area contributed by atoms with E-state index in [1.54, 1.807) is 6.20 Å². The zero-order valence-corrected chi connectivity index (χ0v) is 13.4. The standard InChI is InChI=1S/C17H24N2O2/c1-6-19-17(16-7-12(4)21-13(16)5)14-8-15(10-18-9-14)20-11(2)3/h7-11,17,19H,6H2,1-5H3. The van der Waals surface area contributed by atoms with Gasteiger partial charge in [-0.05, 0) is 51.9 Å². The second-order valence-corrected chi connectivity index (χ2v) is 5.48. The molecule has 1 N–H and O–H groups in total. The van der Waals surface area contributed by atoms with Gasteiger partial charge >= 0.3 is 0 Å². The second-order valence-electron chi connectivity index (χ2n) is 5.48. The van der Waals surface area contributed by atoms with Gasteiger partial charge in [-0.25, -0.2) is 0 Å². The van der Waals surface area contributed by atoms with E-state index in [1.807, 2.05) is 40.0 Å². The Morgan fingerprint density at radius 1 is 1.24 bits per heavy atom. The van der Waals surface area contributed by atoms with Crippen LogP contribution in [0.1, 0.15) is 49.5 Å². The van der Waals surface area contributed by atoms with Crippen LogP contribution in [0.2, 0.25) is 0 Å². The van der Waals surface area contributed by atoms with Crippen LogP contribution in [0, 0.1) is 13.8 Å². The van der Waals surface area contributed by atoms with E-state index in [0.29, 0.717) is 0 Å². The fourth-order valence-corrected chi connectivity index (χ4v) is 2.48. The lowest BCUT2D eigenvalue weighted by Gasteiger charge is -2.19. The minimum Gasteiger partial charge on any atom is -0.489 e. The summed E-state index contributed by atoms with van der Waals surface area (Å²) in [7, 11) is 0. The summed E-state index contributed by atoms with van der Waals surface area (Å²) in [5.74, 6) is 2.66. The summed E-state index contributed by atoms with van der Waals surface area (Å²) in [4.78, 5) is 4.31. The molecule has 2 aromatic rings. The molecule has 2 rings (SSSR count). The van der Waals surface area contributed by atoms with E-state index in [0.717, 1.165) is 34.9 Å². The number of aryl methyl sites for hydroxylation is 2. The molecule has 1 unspecified atom stereocenters. The van der Waals surface area contributed by atoms with Gasteiger partial charge in [-0.15, -0.1) is 0 Å². The van der Waals surface area contributed by atoms with Gasteiger partial charge in [-0.1, -0.05) is 6.92 Å². The molecule has 4 heteroatoms. The van der Waals surface area contributed by atoms with E-state index in [9.17, 15) is 0 Å². The van der Waals surface area contributed by atoms with E-state index in [2.05, 4.69) is 23.3 Å². The summed E-state index contributed by atoms with van der Waals surface area (Å²) >= 11 is 0. The predicted octanol–water partition coefficient (Wildman–Crippen LogP) is 3.78. The Bertz CT molecular complexity index is 590. The first-order valence-corrected chi connectivity index (χ1v) is 7.43. The third-order valence-corrected chi connectivity index (χ3v) is 3.24. The van der Waals surface area contributed by atoms with Gasteiger partial charge in [0.05, 0.1) is 18.3 Å². The quantitative estimate of drug-likeness (QED) is 0.878. The number of ether oxygens (including phenoxy) is 1. The molecular weight excluding hydrogens is 264 g/mol. The normalized spacial score (nSPS) is 12.7. The van der Waals surface area contributed by atoms with Gasteiger partial charge in [0.1, 0.15) is 17.3 Å². The summed E-state index contributed by atoms with van der Waals surface area (Å²) in [5, 5.41) is 3.49. The van der Waals surface area contributed by atoms with E-state index >= 15 is 0 Å². The number of aromatic nitrogens is 1. The van der Waals surface area contributed by atoms with E-state index < -0.39 is 0 Å². The first kappa shape index (κ1) is 15.6. The van der Waals surface area contributed by atoms with Crippen LogP contribution in [-0.4, -0.2) is 17.6 Å². The highest BCUT2D eigenvalue weighted by atomic mass is 16.5. The summed E-state index contributed by atoms with van der Waals surface area (Å²) in [6.07, 6.45) is 3.76. The number of nitrogens with zero attached hydrogens (tertiary/aromatic N) is 1. The Labute approximate surface area is 126 Å². The highest BCUT2D eigenvalue weighted by molar-refractivity contribution is 5.36. The Balaban J connectivity index is 2.36. The number of furan rings is 1. The van der Waals surface area contributed by atoms with Gasteiger partial charge in [0.15, 0.2) is 0 Å². The number of nitrogens with one attached hydrogen (secondary N) is 1. The number of rotatable bonds is 6. The van der Waals surface area contributed by atoms with Crippen molar-refractivity contribution >= 4 is 0 Å². The fourth-order valence-electron chi connectivity index (χ4n) is 2.48. The SMILES string of the molecule is CCNC(c1cncc(OC(C)C)c1)c1cc(C)oc1C. The van der Waals surface area contributed by atoms with Crippen LogP contribution in [-0.2, 0) is 0 Å². The summed E-state index contributed by atoms with van der Waals surface area (Å²) < 4.78 is 11.4. The molecule has 0 amide bonds. The second kappa shape index (κ2) is 6.76. The van der Waals surface area contributed by atoms with Crippen molar-refractivity contribution in [3.63, 3.8) is 0 Å². The lowest BCUT2D eigenvalue weighted by atomic mass is 10.0. The molecule has 0 fully saturated rings. The zero-order valence-electron chi connectivity index (χ0n) is 13.4. The van der Waals surface area contributed by atoms with Gasteiger partial charge in [-0.3, -0.25) is 4.98 Å². The van der Waals surface area contributed by atoms with Crippen molar-refractivity contribution in [3.8, 4) is 5.75 Å². The molecule has 0 spiro atoms. The molecule has 4 nitrogen and oxygen atoms in total. The zero-order chi connectivity index (χ0) is 15.4. The van der Waals surface area contributed by atoms with E-state index in [-0.39, 0.29) is 12.1 Å². The van der Waals surface area contributed by atoms with Gasteiger partial charge < -0.3 is 14.5 Å². The molecular formula is C17H24N2O2. The van der Waals surface area contributed by atoms with Crippen molar-refractivity contribution in [1.29, 1.82) is 0 Å². The molecule has 2 aromatic heterocycles. The van der Waals surface area contributed by atoms with E-state index in [1.165, 1.54) is 0 Å². The summed E-state index contributed by atoms with van der Waals surface area (Å²) in [5.41, 5.74) is 2.23. The van der Waals surface area contributed by atoms with Crippen LogP contribution in [0.25, 0.3) is 0 Å². The van der Waals surface area contributed by atoms with Crippen molar-refractivity contribution in [1.82, 2.24) is 10.3 Å². The number of hydrogen-bond acceptors (Lipinski definition) is 4. The van der Waals surface area contributed by atoms with Crippen molar-refractivity contribution in [2.75, 3.05) is 6.54 Å². The lowest BCUT2D eigenvalue weighted by molar-refractivity contribution is 0.241. The van der Waals surface area contributed by atoms with Crippen LogP contribution in [0.15, 0.2) is 28.9 Å². The van der Waals surface area contributed by atoms with Crippen molar-refractivity contribution < 1.29 is 9.15 Å². The Morgan fingerprint density at radius 3 is 2.57 bits per heavy atom. The van der Waals surface area contributed by atoms with Crippen LogP contribution >= 0.6 is 0 Å². The third-order valence-electron chi connectivity index (χ3n) is 3.24. The van der Waals surface area contributed by atoms with Gasteiger partial charge in [-0.2, -0.15) is 0 Å². The maximum Gasteiger partial charge on any atom is 0.138 e. The maximum atomic E-state index is 5.74. The van der Waals surface area contributed by atoms with Gasteiger partial charge in [0.2, 0.25) is 0 Å². The molecule has 0 aliphatic rings. The van der Waals surface area contributed by atoms with Crippen LogP contribution in [0.3, 0.4) is 0 Å². The molecule has 2 heterocycles. The molecule has 0 saturated carbocycles. The molecule has 0 bridgehead atoms. The Morgan fingerprint density at radius 2 is 2.00 bits per heavy atom. The molecule has 0 aliphatic heterocycles. The van der Waals surface area contributed by atoms with Crippen LogP contribution < -0.4 is 10.1 Å². The largest absolute Gasteiger partial charge is 0.489 e. The van der Waals surface area contributed by atoms with Crippen LogP contribution in [0.5, 0.6) is 5.75 Å². The minimum atomic E-state index is 0.0654. The average molecular weight is 288 g/mol. The number of hydrogen-bond donors (Lipinski definition) is 1. The van der Waals surface area contributed by atoms with Crippen molar-refractivity contribution in [2.45, 2.75) is 46.8 Å². The van der Waals surface area contributed by atoms with Gasteiger partial charge in [0.25, 0.3) is 0 Å². The average Bonchev–Trinajstić information content (AvgIpc) is 2.74. The molecule has 0 aromatic carbocycles. The number of pyridine rings is 1. The minimum absolute atomic E-state index is 0.0654. The molecule has 0 saturated heterocycles. The Kier molecular flexibility index (Phi) is 5.02.